The van der Waals surface area contributed by atoms with Gasteiger partial charge in [0.2, 0.25) is 0 Å². The minimum Gasteiger partial charge on any atom is -0.331 e. The molecule has 0 aliphatic carbocycles. The number of unbranched alkanes of at least 4 members (excludes halogenated alkanes) is 1. The highest BCUT2D eigenvalue weighted by atomic mass is 15.1. The van der Waals surface area contributed by atoms with Crippen molar-refractivity contribution in [3.05, 3.63) is 18.2 Å². The zero-order chi connectivity index (χ0) is 12.0. The number of nitrogens with one attached hydrogen (secondary N) is 1. The quantitative estimate of drug-likeness (QED) is 0.769. The lowest BCUT2D eigenvalue weighted by atomic mass is 10.1. The molecule has 0 amide bonds. The van der Waals surface area contributed by atoms with E-state index in [9.17, 15) is 0 Å². The molecule has 1 aromatic rings. The van der Waals surface area contributed by atoms with Crippen molar-refractivity contribution in [2.45, 2.75) is 65.6 Å². The first-order valence-corrected chi connectivity index (χ1v) is 6.39. The smallest absolute Gasteiger partial charge is 0.0951 e. The molecule has 0 aromatic carbocycles. The lowest BCUT2D eigenvalue weighted by Gasteiger charge is -2.17. The van der Waals surface area contributed by atoms with Crippen molar-refractivity contribution in [2.24, 2.45) is 0 Å². The summed E-state index contributed by atoms with van der Waals surface area (Å²) in [4.78, 5) is 4.25. The maximum Gasteiger partial charge on any atom is 0.0951 e. The Balaban J connectivity index is 2.55. The Kier molecular flexibility index (Phi) is 5.53. The summed E-state index contributed by atoms with van der Waals surface area (Å²) >= 11 is 0. The molecule has 1 atom stereocenters. The molecular formula is C13H25N3. The lowest BCUT2D eigenvalue weighted by Crippen LogP contribution is -2.24. The minimum atomic E-state index is 0.522. The summed E-state index contributed by atoms with van der Waals surface area (Å²) in [6.07, 6.45) is 7.71. The van der Waals surface area contributed by atoms with E-state index in [1.165, 1.54) is 25.0 Å². The molecule has 1 unspecified atom stereocenters. The van der Waals surface area contributed by atoms with Crippen molar-refractivity contribution in [2.75, 3.05) is 0 Å². The van der Waals surface area contributed by atoms with Crippen molar-refractivity contribution in [3.63, 3.8) is 0 Å². The van der Waals surface area contributed by atoms with Crippen molar-refractivity contribution in [1.82, 2.24) is 14.9 Å². The van der Waals surface area contributed by atoms with E-state index in [0.717, 1.165) is 6.54 Å². The van der Waals surface area contributed by atoms with Gasteiger partial charge in [0.25, 0.3) is 0 Å². The second-order valence-electron chi connectivity index (χ2n) is 4.82. The van der Waals surface area contributed by atoms with Gasteiger partial charge in [0, 0.05) is 24.8 Å². The van der Waals surface area contributed by atoms with Gasteiger partial charge in [-0.1, -0.05) is 33.6 Å². The van der Waals surface area contributed by atoms with Gasteiger partial charge in [0.15, 0.2) is 0 Å². The van der Waals surface area contributed by atoms with Crippen LogP contribution in [0.15, 0.2) is 12.5 Å². The first-order chi connectivity index (χ1) is 7.65. The van der Waals surface area contributed by atoms with E-state index in [4.69, 9.17) is 0 Å². The predicted molar refractivity (Wildman–Crippen MR) is 68.4 cm³/mol. The van der Waals surface area contributed by atoms with Crippen molar-refractivity contribution in [1.29, 1.82) is 0 Å². The first kappa shape index (κ1) is 13.2. The third-order valence-corrected chi connectivity index (χ3v) is 2.89. The molecule has 0 spiro atoms. The van der Waals surface area contributed by atoms with E-state index in [1.807, 2.05) is 12.5 Å². The number of hydrogen-bond acceptors (Lipinski definition) is 2. The Morgan fingerprint density at radius 3 is 2.75 bits per heavy atom. The highest BCUT2D eigenvalue weighted by Crippen LogP contribution is 2.16. The SMILES string of the molecule is CCCCC(C)n1cncc1CNC(C)C. The van der Waals surface area contributed by atoms with E-state index in [-0.39, 0.29) is 0 Å². The molecule has 0 saturated heterocycles. The standard InChI is InChI=1S/C13H25N3/c1-5-6-7-12(4)16-10-14-8-13(16)9-15-11(2)3/h8,10-12,15H,5-7,9H2,1-4H3. The van der Waals surface area contributed by atoms with Gasteiger partial charge in [-0.25, -0.2) is 4.98 Å². The maximum atomic E-state index is 4.25. The summed E-state index contributed by atoms with van der Waals surface area (Å²) in [5, 5.41) is 3.44. The van der Waals surface area contributed by atoms with Crippen LogP contribution in [-0.4, -0.2) is 15.6 Å². The summed E-state index contributed by atoms with van der Waals surface area (Å²) < 4.78 is 2.30. The molecule has 0 aliphatic heterocycles. The highest BCUT2D eigenvalue weighted by Gasteiger charge is 2.08. The van der Waals surface area contributed by atoms with Crippen molar-refractivity contribution in [3.8, 4) is 0 Å². The van der Waals surface area contributed by atoms with Gasteiger partial charge in [-0.3, -0.25) is 0 Å². The molecule has 0 aliphatic rings. The zero-order valence-electron chi connectivity index (χ0n) is 11.0. The Labute approximate surface area is 99.3 Å². The van der Waals surface area contributed by atoms with E-state index >= 15 is 0 Å². The fourth-order valence-electron chi connectivity index (χ4n) is 1.81. The fourth-order valence-corrected chi connectivity index (χ4v) is 1.81. The number of rotatable bonds is 7. The number of hydrogen-bond donors (Lipinski definition) is 1. The van der Waals surface area contributed by atoms with Crippen LogP contribution in [0.5, 0.6) is 0 Å². The average molecular weight is 223 g/mol. The second kappa shape index (κ2) is 6.69. The van der Waals surface area contributed by atoms with Gasteiger partial charge in [-0.2, -0.15) is 0 Å². The molecule has 0 fully saturated rings. The van der Waals surface area contributed by atoms with Crippen LogP contribution in [-0.2, 0) is 6.54 Å². The molecule has 1 rings (SSSR count). The summed E-state index contributed by atoms with van der Waals surface area (Å²) in [7, 11) is 0. The summed E-state index contributed by atoms with van der Waals surface area (Å²) in [5.74, 6) is 0. The molecule has 0 radical (unpaired) electrons. The maximum absolute atomic E-state index is 4.25. The Morgan fingerprint density at radius 1 is 1.38 bits per heavy atom. The Morgan fingerprint density at radius 2 is 2.12 bits per heavy atom. The molecule has 16 heavy (non-hydrogen) atoms. The number of aromatic nitrogens is 2. The van der Waals surface area contributed by atoms with Gasteiger partial charge in [-0.05, 0) is 13.3 Å². The second-order valence-corrected chi connectivity index (χ2v) is 4.82. The Bertz CT molecular complexity index is 291. The van der Waals surface area contributed by atoms with Crippen LogP contribution in [0.3, 0.4) is 0 Å². The van der Waals surface area contributed by atoms with E-state index in [1.54, 1.807) is 0 Å². The van der Waals surface area contributed by atoms with E-state index in [2.05, 4.69) is 42.6 Å². The van der Waals surface area contributed by atoms with Crippen LogP contribution >= 0.6 is 0 Å². The van der Waals surface area contributed by atoms with E-state index in [0.29, 0.717) is 12.1 Å². The number of nitrogens with zero attached hydrogens (tertiary/aromatic N) is 2. The van der Waals surface area contributed by atoms with Crippen LogP contribution in [0.2, 0.25) is 0 Å². The van der Waals surface area contributed by atoms with Crippen LogP contribution in [0.4, 0.5) is 0 Å². The minimum absolute atomic E-state index is 0.522. The molecule has 1 N–H and O–H groups in total. The predicted octanol–water partition coefficient (Wildman–Crippen LogP) is 3.13. The topological polar surface area (TPSA) is 29.9 Å². The highest BCUT2D eigenvalue weighted by molar-refractivity contribution is 5.00. The van der Waals surface area contributed by atoms with Crippen molar-refractivity contribution >= 4 is 0 Å². The van der Waals surface area contributed by atoms with Crippen LogP contribution in [0, 0.1) is 0 Å². The monoisotopic (exact) mass is 223 g/mol. The first-order valence-electron chi connectivity index (χ1n) is 6.39. The van der Waals surface area contributed by atoms with Crippen LogP contribution in [0.25, 0.3) is 0 Å². The molecule has 3 nitrogen and oxygen atoms in total. The molecule has 0 bridgehead atoms. The van der Waals surface area contributed by atoms with Crippen LogP contribution in [0.1, 0.15) is 58.7 Å². The van der Waals surface area contributed by atoms with E-state index < -0.39 is 0 Å². The van der Waals surface area contributed by atoms with Gasteiger partial charge >= 0.3 is 0 Å². The lowest BCUT2D eigenvalue weighted by molar-refractivity contribution is 0.459. The van der Waals surface area contributed by atoms with Crippen LogP contribution < -0.4 is 5.32 Å². The van der Waals surface area contributed by atoms with Gasteiger partial charge < -0.3 is 9.88 Å². The average Bonchev–Trinajstić information content (AvgIpc) is 2.71. The molecule has 0 saturated carbocycles. The zero-order valence-corrected chi connectivity index (χ0v) is 11.0. The molecule has 92 valence electrons. The molecule has 1 heterocycles. The number of imidazole rings is 1. The molecule has 1 aromatic heterocycles. The largest absolute Gasteiger partial charge is 0.331 e. The molecule has 3 heteroatoms. The summed E-state index contributed by atoms with van der Waals surface area (Å²) in [5.41, 5.74) is 1.29. The molecular weight excluding hydrogens is 198 g/mol. The summed E-state index contributed by atoms with van der Waals surface area (Å²) in [6.45, 7) is 9.76. The third kappa shape index (κ3) is 3.97. The van der Waals surface area contributed by atoms with Gasteiger partial charge in [0.1, 0.15) is 0 Å². The Hall–Kier alpha value is -0.830. The summed E-state index contributed by atoms with van der Waals surface area (Å²) in [6, 6.07) is 1.08. The van der Waals surface area contributed by atoms with Gasteiger partial charge in [-0.15, -0.1) is 0 Å². The third-order valence-electron chi connectivity index (χ3n) is 2.89. The normalized spacial score (nSPS) is 13.3. The van der Waals surface area contributed by atoms with Gasteiger partial charge in [0.05, 0.1) is 12.0 Å². The fraction of sp³-hybridized carbons (Fsp3) is 0.769. The van der Waals surface area contributed by atoms with Crippen molar-refractivity contribution < 1.29 is 0 Å².